The minimum absolute atomic E-state index is 0.0811. The van der Waals surface area contributed by atoms with Gasteiger partial charge in [0.2, 0.25) is 5.91 Å². The smallest absolute Gasteiger partial charge is 0.319 e. The van der Waals surface area contributed by atoms with Crippen LogP contribution in [0.3, 0.4) is 0 Å². The Morgan fingerprint density at radius 3 is 2.37 bits per heavy atom. The fraction of sp³-hybridized carbons (Fsp3) is 0.364. The van der Waals surface area contributed by atoms with Crippen LogP contribution in [0.25, 0.3) is 0 Å². The van der Waals surface area contributed by atoms with Crippen LogP contribution in [-0.2, 0) is 4.79 Å². The van der Waals surface area contributed by atoms with Gasteiger partial charge in [0.1, 0.15) is 0 Å². The molecule has 1 fully saturated rings. The third-order valence-electron chi connectivity index (χ3n) is 5.00. The van der Waals surface area contributed by atoms with Crippen LogP contribution in [0.4, 0.5) is 16.2 Å². The Morgan fingerprint density at radius 2 is 1.70 bits per heavy atom. The summed E-state index contributed by atoms with van der Waals surface area (Å²) in [5.41, 5.74) is 3.51. The number of nitrogens with zero attached hydrogens (tertiary/aromatic N) is 1. The molecule has 160 valence electrons. The molecule has 0 aliphatic carbocycles. The average molecular weight is 449 g/mol. The fourth-order valence-corrected chi connectivity index (χ4v) is 3.98. The van der Waals surface area contributed by atoms with Crippen molar-refractivity contribution in [3.63, 3.8) is 0 Å². The van der Waals surface area contributed by atoms with Crippen LogP contribution in [0.15, 0.2) is 36.4 Å². The molecule has 0 radical (unpaired) electrons. The summed E-state index contributed by atoms with van der Waals surface area (Å²) in [5, 5.41) is 9.47. The second kappa shape index (κ2) is 10.2. The first-order valence-electron chi connectivity index (χ1n) is 9.92. The average Bonchev–Trinajstić information content (AvgIpc) is 2.66. The van der Waals surface area contributed by atoms with E-state index in [2.05, 4.69) is 26.9 Å². The molecule has 0 atom stereocenters. The van der Waals surface area contributed by atoms with Crippen molar-refractivity contribution in [1.82, 2.24) is 10.2 Å². The Bertz CT molecular complexity index is 907. The number of anilines is 2. The predicted octanol–water partition coefficient (Wildman–Crippen LogP) is 4.83. The summed E-state index contributed by atoms with van der Waals surface area (Å²) in [5.74, 6) is -0.141. The van der Waals surface area contributed by atoms with Gasteiger partial charge in [-0.25, -0.2) is 4.79 Å². The van der Waals surface area contributed by atoms with Crippen LogP contribution in [0.5, 0.6) is 0 Å². The Kier molecular flexibility index (Phi) is 7.58. The van der Waals surface area contributed by atoms with Crippen molar-refractivity contribution in [2.24, 2.45) is 0 Å². The molecule has 0 saturated carbocycles. The molecule has 3 amide bonds. The third-order valence-corrected chi connectivity index (χ3v) is 5.81. The van der Waals surface area contributed by atoms with Gasteiger partial charge in [0, 0.05) is 24.8 Å². The van der Waals surface area contributed by atoms with E-state index in [0.717, 1.165) is 42.7 Å². The Balaban J connectivity index is 1.42. The van der Waals surface area contributed by atoms with Crippen LogP contribution in [0.2, 0.25) is 10.0 Å². The van der Waals surface area contributed by atoms with Crippen LogP contribution < -0.4 is 16.0 Å². The molecule has 30 heavy (non-hydrogen) atoms. The lowest BCUT2D eigenvalue weighted by Crippen LogP contribution is -2.47. The highest BCUT2D eigenvalue weighted by molar-refractivity contribution is 6.44. The number of piperidine rings is 1. The van der Waals surface area contributed by atoms with Crippen molar-refractivity contribution in [3.05, 3.63) is 57.6 Å². The van der Waals surface area contributed by atoms with E-state index in [9.17, 15) is 9.59 Å². The number of amides is 3. The number of hydrogen-bond donors (Lipinski definition) is 3. The molecule has 0 bridgehead atoms. The van der Waals surface area contributed by atoms with E-state index >= 15 is 0 Å². The van der Waals surface area contributed by atoms with Crippen molar-refractivity contribution in [2.45, 2.75) is 32.7 Å². The SMILES string of the molecule is Cc1cc(C)cc(NC(=O)NC2CCN(CC(=O)Nc3cccc(Cl)c3Cl)CC2)c1. The maximum atomic E-state index is 12.3. The highest BCUT2D eigenvalue weighted by Crippen LogP contribution is 2.29. The van der Waals surface area contributed by atoms with Gasteiger partial charge in [0.15, 0.2) is 0 Å². The second-order valence-electron chi connectivity index (χ2n) is 7.67. The number of benzene rings is 2. The molecule has 8 heteroatoms. The van der Waals surface area contributed by atoms with E-state index in [1.807, 2.05) is 26.0 Å². The van der Waals surface area contributed by atoms with Gasteiger partial charge in [-0.2, -0.15) is 0 Å². The van der Waals surface area contributed by atoms with Gasteiger partial charge in [-0.15, -0.1) is 0 Å². The van der Waals surface area contributed by atoms with Gasteiger partial charge >= 0.3 is 6.03 Å². The number of urea groups is 1. The molecule has 1 aliphatic heterocycles. The van der Waals surface area contributed by atoms with Crippen molar-refractivity contribution in [3.8, 4) is 0 Å². The number of carbonyl (C=O) groups is 2. The Hall–Kier alpha value is -2.28. The van der Waals surface area contributed by atoms with Crippen LogP contribution in [0, 0.1) is 13.8 Å². The van der Waals surface area contributed by atoms with E-state index < -0.39 is 0 Å². The molecule has 2 aromatic carbocycles. The summed E-state index contributed by atoms with van der Waals surface area (Å²) in [6, 6.07) is 11.0. The van der Waals surface area contributed by atoms with E-state index in [1.54, 1.807) is 18.2 Å². The number of carbonyl (C=O) groups excluding carboxylic acids is 2. The normalized spacial score (nSPS) is 14.9. The first kappa shape index (κ1) is 22.4. The molecule has 3 N–H and O–H groups in total. The van der Waals surface area contributed by atoms with E-state index in [4.69, 9.17) is 23.2 Å². The number of hydrogen-bond acceptors (Lipinski definition) is 3. The summed E-state index contributed by atoms with van der Waals surface area (Å²) in [7, 11) is 0. The van der Waals surface area contributed by atoms with Crippen molar-refractivity contribution in [2.75, 3.05) is 30.3 Å². The van der Waals surface area contributed by atoms with Crippen molar-refractivity contribution in [1.29, 1.82) is 0 Å². The lowest BCUT2D eigenvalue weighted by Gasteiger charge is -2.31. The number of halogens is 2. The molecule has 6 nitrogen and oxygen atoms in total. The number of likely N-dealkylation sites (tertiary alicyclic amines) is 1. The predicted molar refractivity (Wildman–Crippen MR) is 123 cm³/mol. The quantitative estimate of drug-likeness (QED) is 0.612. The molecule has 3 rings (SSSR count). The van der Waals surface area contributed by atoms with E-state index in [1.165, 1.54) is 0 Å². The van der Waals surface area contributed by atoms with Gasteiger partial charge in [-0.05, 0) is 62.1 Å². The summed E-state index contributed by atoms with van der Waals surface area (Å²) in [6.07, 6.45) is 1.57. The monoisotopic (exact) mass is 448 g/mol. The molecule has 1 heterocycles. The summed E-state index contributed by atoms with van der Waals surface area (Å²) >= 11 is 12.1. The lowest BCUT2D eigenvalue weighted by molar-refractivity contribution is -0.117. The maximum Gasteiger partial charge on any atom is 0.319 e. The van der Waals surface area contributed by atoms with E-state index in [0.29, 0.717) is 15.7 Å². The number of nitrogens with one attached hydrogen (secondary N) is 3. The van der Waals surface area contributed by atoms with Crippen LogP contribution in [-0.4, -0.2) is 42.5 Å². The molecule has 0 spiro atoms. The largest absolute Gasteiger partial charge is 0.335 e. The van der Waals surface area contributed by atoms with Crippen molar-refractivity contribution >= 4 is 46.5 Å². The lowest BCUT2D eigenvalue weighted by atomic mass is 10.1. The zero-order valence-electron chi connectivity index (χ0n) is 17.1. The topological polar surface area (TPSA) is 73.5 Å². The minimum atomic E-state index is -0.202. The number of aryl methyl sites for hydroxylation is 2. The maximum absolute atomic E-state index is 12.3. The first-order valence-corrected chi connectivity index (χ1v) is 10.7. The highest BCUT2D eigenvalue weighted by Gasteiger charge is 2.22. The molecular formula is C22H26Cl2N4O2. The van der Waals surface area contributed by atoms with Gasteiger partial charge in [-0.1, -0.05) is 35.3 Å². The molecule has 2 aromatic rings. The fourth-order valence-electron chi connectivity index (χ4n) is 3.63. The van der Waals surface area contributed by atoms with Gasteiger partial charge < -0.3 is 16.0 Å². The first-order chi connectivity index (χ1) is 14.3. The summed E-state index contributed by atoms with van der Waals surface area (Å²) < 4.78 is 0. The van der Waals surface area contributed by atoms with Crippen LogP contribution >= 0.6 is 23.2 Å². The molecule has 0 unspecified atom stereocenters. The third kappa shape index (κ3) is 6.36. The standard InChI is InChI=1S/C22H26Cl2N4O2/c1-14-10-15(2)12-17(11-14)26-22(30)25-16-6-8-28(9-7-16)13-20(29)27-19-5-3-4-18(23)21(19)24/h3-5,10-12,16H,6-9,13H2,1-2H3,(H,27,29)(H2,25,26,30). The van der Waals surface area contributed by atoms with Crippen LogP contribution in [0.1, 0.15) is 24.0 Å². The van der Waals surface area contributed by atoms with Gasteiger partial charge in [-0.3, -0.25) is 9.69 Å². The Labute approximate surface area is 186 Å². The van der Waals surface area contributed by atoms with Gasteiger partial charge in [0.05, 0.1) is 22.3 Å². The zero-order chi connectivity index (χ0) is 21.7. The van der Waals surface area contributed by atoms with Crippen molar-refractivity contribution < 1.29 is 9.59 Å². The molecule has 0 aromatic heterocycles. The van der Waals surface area contributed by atoms with E-state index in [-0.39, 0.29) is 24.5 Å². The van der Waals surface area contributed by atoms with Gasteiger partial charge in [0.25, 0.3) is 0 Å². The number of rotatable bonds is 5. The second-order valence-corrected chi connectivity index (χ2v) is 8.46. The zero-order valence-corrected chi connectivity index (χ0v) is 18.6. The molecular weight excluding hydrogens is 423 g/mol. The molecule has 1 aliphatic rings. The Morgan fingerprint density at radius 1 is 1.03 bits per heavy atom. The summed E-state index contributed by atoms with van der Waals surface area (Å²) in [6.45, 7) is 5.73. The minimum Gasteiger partial charge on any atom is -0.335 e. The highest BCUT2D eigenvalue weighted by atomic mass is 35.5. The summed E-state index contributed by atoms with van der Waals surface area (Å²) in [4.78, 5) is 26.7. The molecule has 1 saturated heterocycles.